The van der Waals surface area contributed by atoms with E-state index in [2.05, 4.69) is 10.6 Å². The first-order chi connectivity index (χ1) is 10.1. The van der Waals surface area contributed by atoms with Crippen LogP contribution >= 0.6 is 0 Å². The Kier molecular flexibility index (Phi) is 4.68. The molecule has 2 amide bonds. The van der Waals surface area contributed by atoms with E-state index in [4.69, 9.17) is 5.11 Å². The van der Waals surface area contributed by atoms with E-state index < -0.39 is 0 Å². The molecular formula is C16H16N2O3. The molecule has 5 nitrogen and oxygen atoms in total. The van der Waals surface area contributed by atoms with Crippen LogP contribution in [0.2, 0.25) is 0 Å². The van der Waals surface area contributed by atoms with E-state index in [0.29, 0.717) is 16.9 Å². The van der Waals surface area contributed by atoms with Crippen LogP contribution in [0.15, 0.2) is 48.5 Å². The Morgan fingerprint density at radius 1 is 1.00 bits per heavy atom. The highest BCUT2D eigenvalue weighted by atomic mass is 16.3. The fraction of sp³-hybridized carbons (Fsp3) is 0.125. The number of hydrogen-bond acceptors (Lipinski definition) is 3. The standard InChI is InChI=1S/C16H16N2O3/c1-11(20)13-5-7-14(8-6-13)17-16(21)18-15-4-2-3-12(9-15)10-19/h2-9,19H,10H2,1H3,(H2,17,18,21). The second-order valence-electron chi connectivity index (χ2n) is 4.57. The molecule has 0 bridgehead atoms. The van der Waals surface area contributed by atoms with Crippen molar-refractivity contribution in [2.75, 3.05) is 10.6 Å². The Labute approximate surface area is 122 Å². The van der Waals surface area contributed by atoms with Crippen LogP contribution in [0.5, 0.6) is 0 Å². The van der Waals surface area contributed by atoms with Gasteiger partial charge in [-0.25, -0.2) is 4.79 Å². The molecule has 0 atom stereocenters. The lowest BCUT2D eigenvalue weighted by atomic mass is 10.1. The Morgan fingerprint density at radius 2 is 1.67 bits per heavy atom. The van der Waals surface area contributed by atoms with Crippen LogP contribution in [-0.4, -0.2) is 16.9 Å². The molecule has 0 aromatic heterocycles. The summed E-state index contributed by atoms with van der Waals surface area (Å²) in [7, 11) is 0. The number of rotatable bonds is 4. The topological polar surface area (TPSA) is 78.4 Å². The number of hydrogen-bond donors (Lipinski definition) is 3. The van der Waals surface area contributed by atoms with Gasteiger partial charge in [0.25, 0.3) is 0 Å². The highest BCUT2D eigenvalue weighted by Crippen LogP contribution is 2.13. The van der Waals surface area contributed by atoms with E-state index in [1.807, 2.05) is 0 Å². The van der Waals surface area contributed by atoms with Crippen LogP contribution in [0.4, 0.5) is 16.2 Å². The summed E-state index contributed by atoms with van der Waals surface area (Å²) in [6, 6.07) is 13.2. The van der Waals surface area contributed by atoms with Crippen molar-refractivity contribution in [3.63, 3.8) is 0 Å². The molecule has 0 aliphatic rings. The number of anilines is 2. The van der Waals surface area contributed by atoms with Crippen molar-refractivity contribution >= 4 is 23.2 Å². The van der Waals surface area contributed by atoms with Crippen LogP contribution < -0.4 is 10.6 Å². The maximum absolute atomic E-state index is 11.8. The number of ketones is 1. The van der Waals surface area contributed by atoms with Crippen molar-refractivity contribution in [1.29, 1.82) is 0 Å². The number of urea groups is 1. The van der Waals surface area contributed by atoms with Gasteiger partial charge in [-0.2, -0.15) is 0 Å². The van der Waals surface area contributed by atoms with Crippen molar-refractivity contribution in [3.05, 3.63) is 59.7 Å². The van der Waals surface area contributed by atoms with Gasteiger partial charge in [-0.15, -0.1) is 0 Å². The van der Waals surface area contributed by atoms with Crippen LogP contribution in [0, 0.1) is 0 Å². The molecule has 21 heavy (non-hydrogen) atoms. The van der Waals surface area contributed by atoms with Crippen molar-refractivity contribution < 1.29 is 14.7 Å². The molecule has 0 radical (unpaired) electrons. The molecule has 2 rings (SSSR count). The lowest BCUT2D eigenvalue weighted by Gasteiger charge is -2.08. The summed E-state index contributed by atoms with van der Waals surface area (Å²) in [5, 5.41) is 14.4. The molecule has 0 aliphatic carbocycles. The van der Waals surface area contributed by atoms with E-state index in [0.717, 1.165) is 5.56 Å². The molecule has 108 valence electrons. The van der Waals surface area contributed by atoms with Crippen LogP contribution in [-0.2, 0) is 6.61 Å². The molecule has 0 saturated heterocycles. The minimum absolute atomic E-state index is 0.0215. The number of amides is 2. The third-order valence-electron chi connectivity index (χ3n) is 2.92. The maximum Gasteiger partial charge on any atom is 0.323 e. The van der Waals surface area contributed by atoms with Crippen LogP contribution in [0.1, 0.15) is 22.8 Å². The smallest absolute Gasteiger partial charge is 0.323 e. The molecule has 0 unspecified atom stereocenters. The van der Waals surface area contributed by atoms with Gasteiger partial charge < -0.3 is 15.7 Å². The summed E-state index contributed by atoms with van der Waals surface area (Å²) >= 11 is 0. The fourth-order valence-corrected chi connectivity index (χ4v) is 1.83. The van der Waals surface area contributed by atoms with Gasteiger partial charge in [0.1, 0.15) is 0 Å². The number of nitrogens with one attached hydrogen (secondary N) is 2. The van der Waals surface area contributed by atoms with Gasteiger partial charge in [0.2, 0.25) is 0 Å². The van der Waals surface area contributed by atoms with Gasteiger partial charge in [0, 0.05) is 16.9 Å². The normalized spacial score (nSPS) is 10.0. The summed E-state index contributed by atoms with van der Waals surface area (Å²) in [5.74, 6) is -0.0215. The second-order valence-corrected chi connectivity index (χ2v) is 4.57. The average molecular weight is 284 g/mol. The molecule has 2 aromatic rings. The maximum atomic E-state index is 11.8. The minimum atomic E-state index is -0.388. The Bertz CT molecular complexity index is 651. The second kappa shape index (κ2) is 6.67. The number of aliphatic hydroxyl groups is 1. The van der Waals surface area contributed by atoms with Gasteiger partial charge in [0.15, 0.2) is 5.78 Å². The number of carbonyl (C=O) groups is 2. The number of Topliss-reactive ketones (excluding diaryl/α,β-unsaturated/α-hetero) is 1. The Morgan fingerprint density at radius 3 is 2.29 bits per heavy atom. The van der Waals surface area contributed by atoms with E-state index in [-0.39, 0.29) is 18.4 Å². The highest BCUT2D eigenvalue weighted by Gasteiger charge is 2.04. The summed E-state index contributed by atoms with van der Waals surface area (Å²) in [6.07, 6.45) is 0. The predicted octanol–water partition coefficient (Wildman–Crippen LogP) is 3.03. The number of aliphatic hydroxyl groups excluding tert-OH is 1. The van der Waals surface area contributed by atoms with E-state index in [1.165, 1.54) is 6.92 Å². The van der Waals surface area contributed by atoms with E-state index >= 15 is 0 Å². The number of carbonyl (C=O) groups excluding carboxylic acids is 2. The molecule has 0 heterocycles. The molecule has 0 saturated carbocycles. The summed E-state index contributed by atoms with van der Waals surface area (Å²) in [6.45, 7) is 1.41. The summed E-state index contributed by atoms with van der Waals surface area (Å²) < 4.78 is 0. The zero-order chi connectivity index (χ0) is 15.2. The first-order valence-corrected chi connectivity index (χ1v) is 6.47. The third kappa shape index (κ3) is 4.15. The molecule has 5 heteroatoms. The predicted molar refractivity (Wildman–Crippen MR) is 81.5 cm³/mol. The first kappa shape index (κ1) is 14.7. The highest BCUT2D eigenvalue weighted by molar-refractivity contribution is 6.00. The largest absolute Gasteiger partial charge is 0.392 e. The van der Waals surface area contributed by atoms with Gasteiger partial charge in [-0.05, 0) is 48.9 Å². The quantitative estimate of drug-likeness (QED) is 0.755. The lowest BCUT2D eigenvalue weighted by Crippen LogP contribution is -2.19. The fourth-order valence-electron chi connectivity index (χ4n) is 1.83. The first-order valence-electron chi connectivity index (χ1n) is 6.47. The van der Waals surface area contributed by atoms with Gasteiger partial charge >= 0.3 is 6.03 Å². The Hall–Kier alpha value is -2.66. The third-order valence-corrected chi connectivity index (χ3v) is 2.92. The van der Waals surface area contributed by atoms with E-state index in [9.17, 15) is 9.59 Å². The van der Waals surface area contributed by atoms with Crippen molar-refractivity contribution in [2.24, 2.45) is 0 Å². The summed E-state index contributed by atoms with van der Waals surface area (Å²) in [4.78, 5) is 23.0. The van der Waals surface area contributed by atoms with Gasteiger partial charge in [0.05, 0.1) is 6.61 Å². The average Bonchev–Trinajstić information content (AvgIpc) is 2.47. The monoisotopic (exact) mass is 284 g/mol. The van der Waals surface area contributed by atoms with Gasteiger partial charge in [-0.3, -0.25) is 4.79 Å². The molecular weight excluding hydrogens is 268 g/mol. The summed E-state index contributed by atoms with van der Waals surface area (Å²) in [5.41, 5.74) is 2.51. The van der Waals surface area contributed by atoms with Crippen LogP contribution in [0.3, 0.4) is 0 Å². The zero-order valence-electron chi connectivity index (χ0n) is 11.6. The van der Waals surface area contributed by atoms with E-state index in [1.54, 1.807) is 48.5 Å². The molecule has 0 fully saturated rings. The van der Waals surface area contributed by atoms with Crippen LogP contribution in [0.25, 0.3) is 0 Å². The molecule has 3 N–H and O–H groups in total. The lowest BCUT2D eigenvalue weighted by molar-refractivity contribution is 0.101. The minimum Gasteiger partial charge on any atom is -0.392 e. The van der Waals surface area contributed by atoms with Crippen molar-refractivity contribution in [3.8, 4) is 0 Å². The molecule has 2 aromatic carbocycles. The molecule has 0 aliphatic heterocycles. The van der Waals surface area contributed by atoms with Gasteiger partial charge in [-0.1, -0.05) is 12.1 Å². The number of benzene rings is 2. The molecule has 0 spiro atoms. The SMILES string of the molecule is CC(=O)c1ccc(NC(=O)Nc2cccc(CO)c2)cc1. The zero-order valence-corrected chi connectivity index (χ0v) is 11.6. The Balaban J connectivity index is 1.99. The van der Waals surface area contributed by atoms with Crippen molar-refractivity contribution in [1.82, 2.24) is 0 Å². The van der Waals surface area contributed by atoms with Crippen molar-refractivity contribution in [2.45, 2.75) is 13.5 Å².